The highest BCUT2D eigenvalue weighted by molar-refractivity contribution is 5.89. The van der Waals surface area contributed by atoms with Gasteiger partial charge in [-0.2, -0.15) is 0 Å². The number of likely N-dealkylation sites (tertiary alicyclic amines) is 1. The Bertz CT molecular complexity index is 370. The van der Waals surface area contributed by atoms with Gasteiger partial charge in [0.05, 0.1) is 19.6 Å². The Hall–Kier alpha value is -1.79. The van der Waals surface area contributed by atoms with E-state index in [1.807, 2.05) is 0 Å². The minimum atomic E-state index is -0.879. The van der Waals surface area contributed by atoms with Gasteiger partial charge in [0.1, 0.15) is 6.04 Å². The van der Waals surface area contributed by atoms with Crippen LogP contribution in [-0.4, -0.2) is 65.7 Å². The van der Waals surface area contributed by atoms with E-state index in [1.54, 1.807) is 0 Å². The van der Waals surface area contributed by atoms with Crippen molar-refractivity contribution >= 4 is 18.0 Å². The van der Waals surface area contributed by atoms with Crippen LogP contribution >= 0.6 is 0 Å². The predicted molar refractivity (Wildman–Crippen MR) is 55.2 cm³/mol. The van der Waals surface area contributed by atoms with Crippen molar-refractivity contribution in [3.63, 3.8) is 0 Å². The van der Waals surface area contributed by atoms with Crippen LogP contribution in [0.2, 0.25) is 0 Å². The number of aliphatic carboxylic acids is 1. The van der Waals surface area contributed by atoms with E-state index in [0.29, 0.717) is 19.5 Å². The first-order valence-corrected chi connectivity index (χ1v) is 5.40. The first-order valence-electron chi connectivity index (χ1n) is 5.40. The summed E-state index contributed by atoms with van der Waals surface area (Å²) in [5.41, 5.74) is 0. The number of nitrogens with zero attached hydrogens (tertiary/aromatic N) is 2. The van der Waals surface area contributed by atoms with Crippen molar-refractivity contribution in [2.45, 2.75) is 12.5 Å². The third-order valence-corrected chi connectivity index (χ3v) is 3.14. The fourth-order valence-corrected chi connectivity index (χ4v) is 2.01. The first-order chi connectivity index (χ1) is 8.04. The largest absolute Gasteiger partial charge is 0.481 e. The van der Waals surface area contributed by atoms with Crippen molar-refractivity contribution in [3.8, 4) is 0 Å². The molecule has 2 rings (SSSR count). The molecule has 2 amide bonds. The summed E-state index contributed by atoms with van der Waals surface area (Å²) in [7, 11) is 1.28. The molecular weight excluding hydrogens is 228 g/mol. The number of urea groups is 1. The van der Waals surface area contributed by atoms with Gasteiger partial charge >= 0.3 is 18.0 Å². The van der Waals surface area contributed by atoms with Crippen molar-refractivity contribution < 1.29 is 24.2 Å². The third kappa shape index (κ3) is 2.17. The van der Waals surface area contributed by atoms with Crippen molar-refractivity contribution in [2.24, 2.45) is 5.92 Å². The Morgan fingerprint density at radius 2 is 2.00 bits per heavy atom. The minimum Gasteiger partial charge on any atom is -0.481 e. The Morgan fingerprint density at radius 1 is 1.29 bits per heavy atom. The molecule has 2 saturated heterocycles. The molecule has 0 saturated carbocycles. The number of carboxylic acids is 1. The molecule has 94 valence electrons. The van der Waals surface area contributed by atoms with E-state index in [0.717, 1.165) is 0 Å². The second kappa shape index (κ2) is 4.23. The minimum absolute atomic E-state index is 0.221. The van der Waals surface area contributed by atoms with Crippen LogP contribution in [0.1, 0.15) is 6.42 Å². The summed E-state index contributed by atoms with van der Waals surface area (Å²) in [5, 5.41) is 8.82. The van der Waals surface area contributed by atoms with Crippen molar-refractivity contribution in [1.82, 2.24) is 9.80 Å². The molecule has 0 aromatic rings. The highest BCUT2D eigenvalue weighted by Gasteiger charge is 2.48. The topological polar surface area (TPSA) is 86.9 Å². The van der Waals surface area contributed by atoms with Crippen molar-refractivity contribution in [2.75, 3.05) is 26.7 Å². The summed E-state index contributed by atoms with van der Waals surface area (Å²) >= 11 is 0. The number of esters is 1. The molecule has 0 aromatic carbocycles. The standard InChI is InChI=1S/C10H14N2O5/c1-17-9(15)7-5-12(7)10(16)11-3-2-6(4-11)8(13)14/h6-7H,2-5H2,1H3,(H,13,14). The van der Waals surface area contributed by atoms with Crippen molar-refractivity contribution in [1.29, 1.82) is 0 Å². The third-order valence-electron chi connectivity index (χ3n) is 3.14. The zero-order valence-electron chi connectivity index (χ0n) is 9.46. The van der Waals surface area contributed by atoms with E-state index in [-0.39, 0.29) is 12.6 Å². The van der Waals surface area contributed by atoms with Gasteiger partial charge in [0.15, 0.2) is 0 Å². The summed E-state index contributed by atoms with van der Waals surface area (Å²) in [6.45, 7) is 1.01. The van der Waals surface area contributed by atoms with Gasteiger partial charge in [0.25, 0.3) is 0 Å². The lowest BCUT2D eigenvalue weighted by atomic mass is 10.1. The number of rotatable bonds is 2. The zero-order chi connectivity index (χ0) is 12.6. The number of methoxy groups -OCH3 is 1. The van der Waals surface area contributed by atoms with Crippen LogP contribution < -0.4 is 0 Å². The van der Waals surface area contributed by atoms with Gasteiger partial charge in [-0.15, -0.1) is 0 Å². The molecule has 0 spiro atoms. The van der Waals surface area contributed by atoms with Crippen LogP contribution in [0.3, 0.4) is 0 Å². The fourth-order valence-electron chi connectivity index (χ4n) is 2.01. The van der Waals surface area contributed by atoms with Crippen LogP contribution in [0.15, 0.2) is 0 Å². The molecule has 2 aliphatic heterocycles. The lowest BCUT2D eigenvalue weighted by Crippen LogP contribution is -2.35. The highest BCUT2D eigenvalue weighted by Crippen LogP contribution is 2.25. The average molecular weight is 242 g/mol. The first kappa shape index (κ1) is 11.7. The summed E-state index contributed by atoms with van der Waals surface area (Å²) in [6.07, 6.45) is 0.470. The molecule has 0 radical (unpaired) electrons. The summed E-state index contributed by atoms with van der Waals surface area (Å²) in [6, 6.07) is -0.763. The maximum absolute atomic E-state index is 11.9. The molecule has 2 heterocycles. The van der Waals surface area contributed by atoms with Gasteiger partial charge in [-0.05, 0) is 6.42 Å². The molecule has 1 N–H and O–H groups in total. The van der Waals surface area contributed by atoms with Gasteiger partial charge < -0.3 is 19.6 Å². The Morgan fingerprint density at radius 3 is 2.53 bits per heavy atom. The Balaban J connectivity index is 1.87. The van der Waals surface area contributed by atoms with Crippen LogP contribution in [0.4, 0.5) is 4.79 Å². The average Bonchev–Trinajstić information content (AvgIpc) is 2.95. The number of carbonyl (C=O) groups excluding carboxylic acids is 2. The number of carboxylic acid groups (broad SMARTS) is 1. The molecule has 7 nitrogen and oxygen atoms in total. The molecule has 7 heteroatoms. The molecule has 2 fully saturated rings. The van der Waals surface area contributed by atoms with Gasteiger partial charge in [-0.3, -0.25) is 4.79 Å². The summed E-state index contributed by atoms with van der Waals surface area (Å²) in [4.78, 5) is 36.6. The SMILES string of the molecule is COC(=O)C1CN1C(=O)N1CCC(C(=O)O)C1. The van der Waals surface area contributed by atoms with Crippen LogP contribution in [0.5, 0.6) is 0 Å². The van der Waals surface area contributed by atoms with Gasteiger partial charge in [-0.1, -0.05) is 0 Å². The number of amides is 2. The molecule has 0 bridgehead atoms. The van der Waals surface area contributed by atoms with Crippen LogP contribution in [0, 0.1) is 5.92 Å². The smallest absolute Gasteiger partial charge is 0.330 e. The molecule has 17 heavy (non-hydrogen) atoms. The van der Waals surface area contributed by atoms with E-state index in [9.17, 15) is 14.4 Å². The van der Waals surface area contributed by atoms with E-state index in [1.165, 1.54) is 16.9 Å². The second-order valence-corrected chi connectivity index (χ2v) is 4.24. The second-order valence-electron chi connectivity index (χ2n) is 4.24. The molecule has 2 aliphatic rings. The number of hydrogen-bond donors (Lipinski definition) is 1. The van der Waals surface area contributed by atoms with E-state index in [2.05, 4.69) is 4.74 Å². The van der Waals surface area contributed by atoms with E-state index >= 15 is 0 Å². The van der Waals surface area contributed by atoms with E-state index in [4.69, 9.17) is 5.11 Å². The molecule has 2 atom stereocenters. The maximum atomic E-state index is 11.9. The lowest BCUT2D eigenvalue weighted by Gasteiger charge is -2.16. The summed E-state index contributed by atoms with van der Waals surface area (Å²) in [5.74, 6) is -1.79. The normalized spacial score (nSPS) is 26.9. The van der Waals surface area contributed by atoms with Gasteiger partial charge in [-0.25, -0.2) is 9.59 Å². The van der Waals surface area contributed by atoms with Gasteiger partial charge in [0, 0.05) is 13.1 Å². The molecule has 2 unspecified atom stereocenters. The van der Waals surface area contributed by atoms with Crippen LogP contribution in [-0.2, 0) is 14.3 Å². The van der Waals surface area contributed by atoms with Crippen LogP contribution in [0.25, 0.3) is 0 Å². The maximum Gasteiger partial charge on any atom is 0.330 e. The fraction of sp³-hybridized carbons (Fsp3) is 0.700. The lowest BCUT2D eigenvalue weighted by molar-refractivity contribution is -0.142. The summed E-state index contributed by atoms with van der Waals surface area (Å²) < 4.78 is 4.53. The molecular formula is C10H14N2O5. The van der Waals surface area contributed by atoms with Crippen molar-refractivity contribution in [3.05, 3.63) is 0 Å². The van der Waals surface area contributed by atoms with E-state index < -0.39 is 23.9 Å². The Labute approximate surface area is 97.9 Å². The molecule has 0 aliphatic carbocycles. The zero-order valence-corrected chi connectivity index (χ0v) is 9.46. The highest BCUT2D eigenvalue weighted by atomic mass is 16.5. The van der Waals surface area contributed by atoms with Gasteiger partial charge in [0.2, 0.25) is 0 Å². The monoisotopic (exact) mass is 242 g/mol. The predicted octanol–water partition coefficient (Wildman–Crippen LogP) is -0.630. The number of ether oxygens (including phenoxy) is 1. The Kier molecular flexibility index (Phi) is 2.91. The molecule has 0 aromatic heterocycles. The number of hydrogen-bond acceptors (Lipinski definition) is 4. The number of carbonyl (C=O) groups is 3. The quantitative estimate of drug-likeness (QED) is 0.514.